The van der Waals surface area contributed by atoms with Crippen LogP contribution >= 0.6 is 0 Å². The van der Waals surface area contributed by atoms with Crippen molar-refractivity contribution in [1.82, 2.24) is 18.7 Å². The molecule has 1 aliphatic heterocycles. The monoisotopic (exact) mass is 436 g/mol. The maximum Gasteiger partial charge on any atom is 0.332 e. The summed E-state index contributed by atoms with van der Waals surface area (Å²) in [5, 5.41) is 6.38. The van der Waals surface area contributed by atoms with Crippen molar-refractivity contribution in [3.63, 3.8) is 0 Å². The fraction of sp³-hybridized carbons (Fsp3) is 0.391. The number of aromatic nitrogens is 4. The summed E-state index contributed by atoms with van der Waals surface area (Å²) in [6, 6.07) is 9.61. The maximum atomic E-state index is 13.5. The zero-order valence-corrected chi connectivity index (χ0v) is 18.9. The molecule has 9 heteroatoms. The molecule has 1 atom stereocenters. The first kappa shape index (κ1) is 21.8. The van der Waals surface area contributed by atoms with Gasteiger partial charge in [-0.1, -0.05) is 42.5 Å². The van der Waals surface area contributed by atoms with Gasteiger partial charge < -0.3 is 4.74 Å². The number of benzene rings is 1. The highest BCUT2D eigenvalue weighted by Crippen LogP contribution is 2.29. The summed E-state index contributed by atoms with van der Waals surface area (Å²) in [4.78, 5) is 31.1. The topological polar surface area (TPSA) is 86.7 Å². The number of allylic oxidation sites excluding steroid dienone is 1. The quantitative estimate of drug-likeness (QED) is 0.531. The molecule has 9 nitrogen and oxygen atoms in total. The molecule has 1 aromatic carbocycles. The number of imidazole rings is 1. The second-order valence-electron chi connectivity index (χ2n) is 7.76. The third-order valence-electron chi connectivity index (χ3n) is 5.71. The van der Waals surface area contributed by atoms with Crippen LogP contribution in [0.5, 0.6) is 0 Å². The van der Waals surface area contributed by atoms with Gasteiger partial charge in [-0.15, -0.1) is 0 Å². The van der Waals surface area contributed by atoms with Gasteiger partial charge in [0.2, 0.25) is 5.95 Å². The molecule has 0 saturated carbocycles. The van der Waals surface area contributed by atoms with Crippen molar-refractivity contribution in [2.45, 2.75) is 33.4 Å². The van der Waals surface area contributed by atoms with Crippen molar-refractivity contribution in [2.75, 3.05) is 24.8 Å². The number of fused-ring (bicyclic) bond motifs is 3. The molecular weight excluding hydrogens is 408 g/mol. The minimum Gasteiger partial charge on any atom is -0.380 e. The fourth-order valence-electron chi connectivity index (χ4n) is 3.85. The third kappa shape index (κ3) is 3.80. The van der Waals surface area contributed by atoms with Crippen LogP contribution in [0.2, 0.25) is 0 Å². The van der Waals surface area contributed by atoms with Gasteiger partial charge in [-0.25, -0.2) is 9.80 Å². The van der Waals surface area contributed by atoms with Gasteiger partial charge in [-0.3, -0.25) is 18.5 Å². The Morgan fingerprint density at radius 2 is 1.94 bits per heavy atom. The van der Waals surface area contributed by atoms with Crippen LogP contribution in [0.15, 0.2) is 51.1 Å². The number of ether oxygens (including phenoxy) is 1. The predicted octanol–water partition coefficient (Wildman–Crippen LogP) is 2.40. The minimum atomic E-state index is -0.401. The molecule has 4 rings (SSSR count). The lowest BCUT2D eigenvalue weighted by Gasteiger charge is -2.29. The van der Waals surface area contributed by atoms with Crippen LogP contribution in [-0.4, -0.2) is 44.2 Å². The average Bonchev–Trinajstić information content (AvgIpc) is 3.20. The number of hydrazone groups is 1. The standard InChI is InChI=1S/C23H28N6O3/c1-5-32-15-14-28-22-24-20-19(29(22)17(3)16(2)25-28)21(30)27(23(31)26(20)4)13-9-12-18-10-7-6-8-11-18/h6-12,17H,5,13-15H2,1-4H3/b12-9-/t17-/m0/s1. The molecule has 0 aliphatic carbocycles. The van der Waals surface area contributed by atoms with Crippen LogP contribution in [0.4, 0.5) is 5.95 Å². The van der Waals surface area contributed by atoms with E-state index in [1.165, 1.54) is 9.13 Å². The van der Waals surface area contributed by atoms with E-state index in [1.54, 1.807) is 12.1 Å². The Morgan fingerprint density at radius 3 is 2.66 bits per heavy atom. The first-order valence-corrected chi connectivity index (χ1v) is 10.8. The summed E-state index contributed by atoms with van der Waals surface area (Å²) in [5.74, 6) is 0.544. The van der Waals surface area contributed by atoms with E-state index < -0.39 is 5.69 Å². The minimum absolute atomic E-state index is 0.156. The van der Waals surface area contributed by atoms with E-state index in [-0.39, 0.29) is 18.1 Å². The maximum absolute atomic E-state index is 13.5. The summed E-state index contributed by atoms with van der Waals surface area (Å²) in [6.45, 7) is 7.61. The number of anilines is 1. The lowest BCUT2D eigenvalue weighted by Crippen LogP contribution is -2.40. The van der Waals surface area contributed by atoms with E-state index in [0.717, 1.165) is 11.3 Å². The SMILES string of the molecule is CCOCCN1N=C(C)[C@H](C)n2c1nc1c2c(=O)n(C/C=C\c2ccccc2)c(=O)n1C. The normalized spacial score (nSPS) is 16.1. The molecule has 3 heterocycles. The van der Waals surface area contributed by atoms with Crippen LogP contribution < -0.4 is 16.3 Å². The van der Waals surface area contributed by atoms with E-state index in [2.05, 4.69) is 10.1 Å². The van der Waals surface area contributed by atoms with Crippen molar-refractivity contribution in [3.05, 3.63) is 62.8 Å². The van der Waals surface area contributed by atoms with Crippen LogP contribution in [0, 0.1) is 0 Å². The van der Waals surface area contributed by atoms with Crippen LogP contribution in [0.1, 0.15) is 32.4 Å². The van der Waals surface area contributed by atoms with E-state index >= 15 is 0 Å². The summed E-state index contributed by atoms with van der Waals surface area (Å²) >= 11 is 0. The van der Waals surface area contributed by atoms with E-state index in [4.69, 9.17) is 4.74 Å². The number of aryl methyl sites for hydroxylation is 1. The van der Waals surface area contributed by atoms with Gasteiger partial charge in [0.15, 0.2) is 11.2 Å². The molecule has 0 spiro atoms. The van der Waals surface area contributed by atoms with Gasteiger partial charge in [-0.2, -0.15) is 10.1 Å². The predicted molar refractivity (Wildman–Crippen MR) is 126 cm³/mol. The van der Waals surface area contributed by atoms with Crippen LogP contribution in [0.3, 0.4) is 0 Å². The first-order valence-electron chi connectivity index (χ1n) is 10.8. The second kappa shape index (κ2) is 8.96. The third-order valence-corrected chi connectivity index (χ3v) is 5.71. The highest BCUT2D eigenvalue weighted by atomic mass is 16.5. The largest absolute Gasteiger partial charge is 0.380 e. The zero-order chi connectivity index (χ0) is 22.8. The Morgan fingerprint density at radius 1 is 1.19 bits per heavy atom. The number of rotatable bonds is 7. The van der Waals surface area contributed by atoms with Gasteiger partial charge in [0, 0.05) is 20.2 Å². The van der Waals surface area contributed by atoms with Gasteiger partial charge in [0.05, 0.1) is 24.9 Å². The smallest absolute Gasteiger partial charge is 0.332 e. The fourth-order valence-corrected chi connectivity index (χ4v) is 3.85. The number of hydrogen-bond acceptors (Lipinski definition) is 6. The van der Waals surface area contributed by atoms with Gasteiger partial charge in [-0.05, 0) is 26.3 Å². The van der Waals surface area contributed by atoms with Crippen molar-refractivity contribution in [3.8, 4) is 0 Å². The Bertz CT molecular complexity index is 1300. The summed E-state index contributed by atoms with van der Waals surface area (Å²) in [5.41, 5.74) is 1.87. The summed E-state index contributed by atoms with van der Waals surface area (Å²) in [6.07, 6.45) is 3.72. The Labute approximate surface area is 185 Å². The van der Waals surface area contributed by atoms with E-state index in [9.17, 15) is 9.59 Å². The average molecular weight is 437 g/mol. The van der Waals surface area contributed by atoms with Gasteiger partial charge >= 0.3 is 5.69 Å². The molecule has 0 bridgehead atoms. The molecule has 0 N–H and O–H groups in total. The molecule has 0 unspecified atom stereocenters. The van der Waals surface area contributed by atoms with Crippen LogP contribution in [0.25, 0.3) is 17.2 Å². The second-order valence-corrected chi connectivity index (χ2v) is 7.76. The van der Waals surface area contributed by atoms with Crippen molar-refractivity contribution >= 4 is 28.9 Å². The van der Waals surface area contributed by atoms with E-state index in [1.807, 2.05) is 67.8 Å². The summed E-state index contributed by atoms with van der Waals surface area (Å²) < 4.78 is 10.0. The Hall–Kier alpha value is -3.46. The first-order chi connectivity index (χ1) is 15.4. The molecule has 2 aromatic heterocycles. The molecule has 168 valence electrons. The van der Waals surface area contributed by atoms with Crippen molar-refractivity contribution in [1.29, 1.82) is 0 Å². The molecule has 0 amide bonds. The van der Waals surface area contributed by atoms with Crippen molar-refractivity contribution < 1.29 is 4.74 Å². The number of nitrogens with zero attached hydrogens (tertiary/aromatic N) is 6. The van der Waals surface area contributed by atoms with E-state index in [0.29, 0.717) is 36.9 Å². The van der Waals surface area contributed by atoms with Crippen LogP contribution in [-0.2, 0) is 18.3 Å². The molecule has 0 fully saturated rings. The molecule has 0 saturated heterocycles. The van der Waals surface area contributed by atoms with Gasteiger partial charge in [0.25, 0.3) is 5.56 Å². The molecule has 32 heavy (non-hydrogen) atoms. The Kier molecular flexibility index (Phi) is 6.09. The Balaban J connectivity index is 1.80. The molecule has 3 aromatic rings. The molecule has 0 radical (unpaired) electrons. The highest BCUT2D eigenvalue weighted by molar-refractivity contribution is 5.91. The lowest BCUT2D eigenvalue weighted by molar-refractivity contribution is 0.153. The summed E-state index contributed by atoms with van der Waals surface area (Å²) in [7, 11) is 1.64. The van der Waals surface area contributed by atoms with Crippen molar-refractivity contribution in [2.24, 2.45) is 12.1 Å². The van der Waals surface area contributed by atoms with Gasteiger partial charge in [0.1, 0.15) is 0 Å². The molecule has 1 aliphatic rings. The number of hydrogen-bond donors (Lipinski definition) is 0. The molecular formula is C23H28N6O3. The zero-order valence-electron chi connectivity index (χ0n) is 18.9. The lowest BCUT2D eigenvalue weighted by atomic mass is 10.2. The highest BCUT2D eigenvalue weighted by Gasteiger charge is 2.30.